The molecule has 0 amide bonds. The number of hydroxylamine groups is 2. The lowest BCUT2D eigenvalue weighted by atomic mass is 10.0. The fourth-order valence-electron chi connectivity index (χ4n) is 1.31. The zero-order valence-corrected chi connectivity index (χ0v) is 7.45. The molecule has 0 spiro atoms. The molecule has 0 aromatic rings. The van der Waals surface area contributed by atoms with Crippen molar-refractivity contribution in [1.29, 1.82) is 0 Å². The summed E-state index contributed by atoms with van der Waals surface area (Å²) in [5, 5.41) is 11.0. The summed E-state index contributed by atoms with van der Waals surface area (Å²) in [5.41, 5.74) is 0. The molecule has 1 aliphatic carbocycles. The van der Waals surface area contributed by atoms with E-state index in [-0.39, 0.29) is 6.10 Å². The highest BCUT2D eigenvalue weighted by Gasteiger charge is 2.16. The average Bonchev–Trinajstić information content (AvgIpc) is 2.03. The molecule has 70 valence electrons. The quantitative estimate of drug-likeness (QED) is 0.604. The van der Waals surface area contributed by atoms with Crippen LogP contribution in [0.4, 0.5) is 0 Å². The van der Waals surface area contributed by atoms with Crippen molar-refractivity contribution in [2.24, 2.45) is 0 Å². The first-order chi connectivity index (χ1) is 5.72. The lowest BCUT2D eigenvalue weighted by molar-refractivity contribution is -0.153. The van der Waals surface area contributed by atoms with Crippen LogP contribution in [0.5, 0.6) is 0 Å². The maximum atomic E-state index is 10.5. The van der Waals surface area contributed by atoms with Gasteiger partial charge >= 0.3 is 0 Å². The van der Waals surface area contributed by atoms with Crippen molar-refractivity contribution in [3.8, 4) is 0 Å². The number of rotatable bonds is 3. The third kappa shape index (κ3) is 2.81. The standard InChI is InChI=1S/C8H14NO3/c1-9(10)12-8-5-3-4-7(6-8)11-2/h4,8H,3,5-6H2,1-2H3/q-1. The van der Waals surface area contributed by atoms with Crippen molar-refractivity contribution in [1.82, 2.24) is 5.23 Å². The first-order valence-electron chi connectivity index (χ1n) is 4.03. The first kappa shape index (κ1) is 9.51. The van der Waals surface area contributed by atoms with Crippen LogP contribution in [0.2, 0.25) is 0 Å². The molecule has 1 rings (SSSR count). The Balaban J connectivity index is 2.35. The predicted octanol–water partition coefficient (Wildman–Crippen LogP) is 1.43. The lowest BCUT2D eigenvalue weighted by Crippen LogP contribution is -2.24. The molecule has 1 atom stereocenters. The van der Waals surface area contributed by atoms with Gasteiger partial charge in [-0.3, -0.25) is 5.23 Å². The van der Waals surface area contributed by atoms with Gasteiger partial charge in [-0.2, -0.15) is 0 Å². The van der Waals surface area contributed by atoms with E-state index >= 15 is 0 Å². The third-order valence-corrected chi connectivity index (χ3v) is 1.85. The van der Waals surface area contributed by atoms with E-state index in [0.29, 0.717) is 11.6 Å². The molecule has 0 heterocycles. The Bertz CT molecular complexity index is 168. The van der Waals surface area contributed by atoms with Gasteiger partial charge in [0.1, 0.15) is 0 Å². The molecule has 0 aromatic carbocycles. The van der Waals surface area contributed by atoms with Crippen LogP contribution in [0.3, 0.4) is 0 Å². The largest absolute Gasteiger partial charge is 0.762 e. The third-order valence-electron chi connectivity index (χ3n) is 1.85. The Kier molecular flexibility index (Phi) is 3.52. The Hall–Kier alpha value is -0.580. The van der Waals surface area contributed by atoms with Crippen molar-refractivity contribution >= 4 is 0 Å². The maximum absolute atomic E-state index is 10.5. The van der Waals surface area contributed by atoms with Gasteiger partial charge in [-0.15, -0.1) is 0 Å². The van der Waals surface area contributed by atoms with E-state index in [9.17, 15) is 5.21 Å². The van der Waals surface area contributed by atoms with Gasteiger partial charge in [0.15, 0.2) is 0 Å². The molecule has 0 saturated heterocycles. The van der Waals surface area contributed by atoms with Gasteiger partial charge < -0.3 is 14.8 Å². The van der Waals surface area contributed by atoms with Gasteiger partial charge in [0.05, 0.1) is 19.0 Å². The Morgan fingerprint density at radius 1 is 1.67 bits per heavy atom. The van der Waals surface area contributed by atoms with Crippen LogP contribution in [0, 0.1) is 5.21 Å². The first-order valence-corrected chi connectivity index (χ1v) is 4.03. The number of ether oxygens (including phenoxy) is 1. The topological polar surface area (TPSA) is 44.8 Å². The summed E-state index contributed by atoms with van der Waals surface area (Å²) in [4.78, 5) is 4.98. The fourth-order valence-corrected chi connectivity index (χ4v) is 1.31. The molecule has 4 heteroatoms. The molecule has 0 fully saturated rings. The van der Waals surface area contributed by atoms with Gasteiger partial charge in [0.2, 0.25) is 0 Å². The molecule has 0 N–H and O–H groups in total. The summed E-state index contributed by atoms with van der Waals surface area (Å²) in [7, 11) is 2.99. The second-order valence-corrected chi connectivity index (χ2v) is 2.82. The smallest absolute Gasteiger partial charge is 0.0942 e. The molecule has 1 unspecified atom stereocenters. The van der Waals surface area contributed by atoms with Crippen LogP contribution in [-0.4, -0.2) is 25.5 Å². The highest BCUT2D eigenvalue weighted by atomic mass is 16.9. The summed E-state index contributed by atoms with van der Waals surface area (Å²) >= 11 is 0. The number of hydrogen-bond donors (Lipinski definition) is 0. The molecule has 0 radical (unpaired) electrons. The van der Waals surface area contributed by atoms with Crippen LogP contribution in [0.25, 0.3) is 0 Å². The van der Waals surface area contributed by atoms with Gasteiger partial charge in [0, 0.05) is 6.42 Å². The van der Waals surface area contributed by atoms with Crippen LogP contribution in [0.15, 0.2) is 11.8 Å². The Labute approximate surface area is 72.3 Å². The van der Waals surface area contributed by atoms with E-state index < -0.39 is 0 Å². The van der Waals surface area contributed by atoms with Crippen molar-refractivity contribution < 1.29 is 9.57 Å². The summed E-state index contributed by atoms with van der Waals surface area (Å²) in [6.45, 7) is 0. The van der Waals surface area contributed by atoms with E-state index in [1.807, 2.05) is 6.08 Å². The SMILES string of the molecule is COC1=CCCC(ON(C)[O-])C1. The Morgan fingerprint density at radius 3 is 3.00 bits per heavy atom. The molecular formula is C8H14NO3-. The molecule has 0 saturated carbocycles. The molecule has 0 aromatic heterocycles. The molecule has 0 bridgehead atoms. The van der Waals surface area contributed by atoms with Gasteiger partial charge in [-0.25, -0.2) is 0 Å². The highest BCUT2D eigenvalue weighted by molar-refractivity contribution is 4.99. The van der Waals surface area contributed by atoms with Crippen LogP contribution in [0.1, 0.15) is 19.3 Å². The zero-order valence-electron chi connectivity index (χ0n) is 7.45. The molecular weight excluding hydrogens is 158 g/mol. The van der Waals surface area contributed by atoms with E-state index in [0.717, 1.165) is 18.6 Å². The summed E-state index contributed by atoms with van der Waals surface area (Å²) in [6.07, 6.45) is 4.52. The Morgan fingerprint density at radius 2 is 2.42 bits per heavy atom. The van der Waals surface area contributed by atoms with Crippen LogP contribution in [-0.2, 0) is 9.57 Å². The fraction of sp³-hybridized carbons (Fsp3) is 0.750. The minimum absolute atomic E-state index is 0.0209. The summed E-state index contributed by atoms with van der Waals surface area (Å²) in [5.74, 6) is 0.910. The van der Waals surface area contributed by atoms with E-state index in [4.69, 9.17) is 9.57 Å². The van der Waals surface area contributed by atoms with Crippen molar-refractivity contribution in [3.63, 3.8) is 0 Å². The minimum Gasteiger partial charge on any atom is -0.762 e. The van der Waals surface area contributed by atoms with Gasteiger partial charge in [0.25, 0.3) is 0 Å². The molecule has 4 nitrogen and oxygen atoms in total. The molecule has 0 aliphatic heterocycles. The highest BCUT2D eigenvalue weighted by Crippen LogP contribution is 2.21. The second kappa shape index (κ2) is 4.45. The zero-order chi connectivity index (χ0) is 8.97. The van der Waals surface area contributed by atoms with Crippen LogP contribution < -0.4 is 0 Å². The molecule has 1 aliphatic rings. The summed E-state index contributed by atoms with van der Waals surface area (Å²) < 4.78 is 5.06. The monoisotopic (exact) mass is 172 g/mol. The van der Waals surface area contributed by atoms with Crippen molar-refractivity contribution in [3.05, 3.63) is 17.0 Å². The average molecular weight is 172 g/mol. The van der Waals surface area contributed by atoms with Crippen LogP contribution >= 0.6 is 0 Å². The van der Waals surface area contributed by atoms with E-state index in [2.05, 4.69) is 0 Å². The number of nitrogens with zero attached hydrogens (tertiary/aromatic N) is 1. The normalized spacial score (nSPS) is 24.0. The van der Waals surface area contributed by atoms with E-state index in [1.165, 1.54) is 7.05 Å². The maximum Gasteiger partial charge on any atom is 0.0942 e. The predicted molar refractivity (Wildman–Crippen MR) is 44.9 cm³/mol. The molecule has 12 heavy (non-hydrogen) atoms. The lowest BCUT2D eigenvalue weighted by Gasteiger charge is -2.30. The number of hydrogen-bond acceptors (Lipinski definition) is 4. The van der Waals surface area contributed by atoms with E-state index in [1.54, 1.807) is 7.11 Å². The second-order valence-electron chi connectivity index (χ2n) is 2.82. The van der Waals surface area contributed by atoms with Crippen molar-refractivity contribution in [2.75, 3.05) is 14.2 Å². The van der Waals surface area contributed by atoms with Gasteiger partial charge in [-0.05, 0) is 26.0 Å². The number of allylic oxidation sites excluding steroid dienone is 1. The van der Waals surface area contributed by atoms with Gasteiger partial charge in [-0.1, -0.05) is 0 Å². The number of methoxy groups -OCH3 is 1. The summed E-state index contributed by atoms with van der Waals surface area (Å²) in [6, 6.07) is 0. The minimum atomic E-state index is -0.0209. The van der Waals surface area contributed by atoms with Crippen molar-refractivity contribution in [2.45, 2.75) is 25.4 Å².